The Hall–Kier alpha value is -4.20. The Morgan fingerprint density at radius 2 is 1.81 bits per heavy atom. The van der Waals surface area contributed by atoms with Crippen molar-refractivity contribution in [2.24, 2.45) is 5.10 Å². The first kappa shape index (κ1) is 21.5. The number of amides is 1. The molecule has 0 unspecified atom stereocenters. The molecular weight excluding hydrogens is 398 g/mol. The predicted octanol–water partition coefficient (Wildman–Crippen LogP) is 3.88. The lowest BCUT2D eigenvalue weighted by atomic mass is 10.1. The molecule has 0 heterocycles. The molecule has 0 aliphatic rings. The van der Waals surface area contributed by atoms with Crippen molar-refractivity contribution in [2.45, 2.75) is 13.0 Å². The molecule has 3 aromatic rings. The molecule has 0 atom stereocenters. The molecule has 0 aliphatic carbocycles. The van der Waals surface area contributed by atoms with Crippen LogP contribution in [0.2, 0.25) is 0 Å². The number of para-hydroxylation sites is 1. The van der Waals surface area contributed by atoms with Crippen molar-refractivity contribution in [3.63, 3.8) is 0 Å². The predicted molar refractivity (Wildman–Crippen MR) is 116 cm³/mol. The molecule has 3 aromatic carbocycles. The van der Waals surface area contributed by atoms with Crippen LogP contribution in [0.25, 0.3) is 0 Å². The molecular formula is C23H21N3O5. The van der Waals surface area contributed by atoms with Gasteiger partial charge in [-0.25, -0.2) is 5.43 Å². The molecule has 8 heteroatoms. The third-order valence-electron chi connectivity index (χ3n) is 4.37. The summed E-state index contributed by atoms with van der Waals surface area (Å²) in [6, 6.07) is 21.1. The van der Waals surface area contributed by atoms with E-state index in [0.29, 0.717) is 29.2 Å². The van der Waals surface area contributed by atoms with Gasteiger partial charge in [-0.2, -0.15) is 5.10 Å². The highest BCUT2D eigenvalue weighted by atomic mass is 16.6. The second-order valence-electron chi connectivity index (χ2n) is 6.54. The summed E-state index contributed by atoms with van der Waals surface area (Å²) in [5.41, 5.74) is 4.32. The van der Waals surface area contributed by atoms with Crippen molar-refractivity contribution in [3.8, 4) is 11.5 Å². The van der Waals surface area contributed by atoms with E-state index < -0.39 is 10.8 Å². The molecule has 0 radical (unpaired) electrons. The summed E-state index contributed by atoms with van der Waals surface area (Å²) in [4.78, 5) is 22.7. The number of methoxy groups -OCH3 is 1. The van der Waals surface area contributed by atoms with Crippen molar-refractivity contribution < 1.29 is 19.2 Å². The first-order valence-corrected chi connectivity index (χ1v) is 9.46. The van der Waals surface area contributed by atoms with E-state index in [1.165, 1.54) is 12.3 Å². The minimum absolute atomic E-state index is 0.100. The number of rotatable bonds is 9. The van der Waals surface area contributed by atoms with Gasteiger partial charge in [0.05, 0.1) is 24.7 Å². The molecule has 0 fully saturated rings. The molecule has 0 saturated heterocycles. The number of nitrogens with one attached hydrogen (secondary N) is 1. The maximum Gasteiger partial charge on any atom is 0.273 e. The van der Waals surface area contributed by atoms with E-state index in [1.54, 1.807) is 43.5 Å². The summed E-state index contributed by atoms with van der Waals surface area (Å²) < 4.78 is 11.2. The van der Waals surface area contributed by atoms with E-state index in [9.17, 15) is 14.9 Å². The second-order valence-corrected chi connectivity index (χ2v) is 6.54. The Bertz CT molecular complexity index is 1080. The van der Waals surface area contributed by atoms with Gasteiger partial charge in [0.25, 0.3) is 5.69 Å². The van der Waals surface area contributed by atoms with Crippen LogP contribution in [-0.4, -0.2) is 24.2 Å². The fraction of sp³-hybridized carbons (Fsp3) is 0.130. The van der Waals surface area contributed by atoms with Crippen LogP contribution < -0.4 is 14.9 Å². The number of ether oxygens (including phenoxy) is 2. The van der Waals surface area contributed by atoms with Crippen molar-refractivity contribution in [1.29, 1.82) is 0 Å². The summed E-state index contributed by atoms with van der Waals surface area (Å²) in [6.07, 6.45) is 1.31. The van der Waals surface area contributed by atoms with Crippen LogP contribution in [0.4, 0.5) is 5.69 Å². The number of nitrogens with zero attached hydrogens (tertiary/aromatic N) is 2. The van der Waals surface area contributed by atoms with Gasteiger partial charge in [0.1, 0.15) is 6.61 Å². The third-order valence-corrected chi connectivity index (χ3v) is 4.37. The lowest BCUT2D eigenvalue weighted by molar-refractivity contribution is -0.385. The van der Waals surface area contributed by atoms with E-state index in [1.807, 2.05) is 30.3 Å². The molecule has 0 aliphatic heterocycles. The maximum absolute atomic E-state index is 12.1. The second kappa shape index (κ2) is 10.5. The van der Waals surface area contributed by atoms with Gasteiger partial charge in [0.2, 0.25) is 5.91 Å². The van der Waals surface area contributed by atoms with Gasteiger partial charge in [-0.1, -0.05) is 48.5 Å². The largest absolute Gasteiger partial charge is 0.493 e. The van der Waals surface area contributed by atoms with Crippen molar-refractivity contribution in [1.82, 2.24) is 5.43 Å². The van der Waals surface area contributed by atoms with E-state index in [4.69, 9.17) is 9.47 Å². The molecule has 1 amide bonds. The zero-order valence-electron chi connectivity index (χ0n) is 16.9. The highest BCUT2D eigenvalue weighted by Crippen LogP contribution is 2.28. The van der Waals surface area contributed by atoms with Crippen molar-refractivity contribution in [3.05, 3.63) is 99.6 Å². The molecule has 0 aromatic heterocycles. The summed E-state index contributed by atoms with van der Waals surface area (Å²) in [5.74, 6) is 0.662. The number of carbonyl (C=O) groups is 1. The lowest BCUT2D eigenvalue weighted by Gasteiger charge is -2.11. The fourth-order valence-electron chi connectivity index (χ4n) is 2.85. The molecule has 1 N–H and O–H groups in total. The zero-order chi connectivity index (χ0) is 22.1. The summed E-state index contributed by atoms with van der Waals surface area (Å²) in [6.45, 7) is 0.379. The van der Waals surface area contributed by atoms with E-state index in [0.717, 1.165) is 5.56 Å². The molecule has 0 spiro atoms. The quantitative estimate of drug-likeness (QED) is 0.322. The minimum atomic E-state index is -0.514. The smallest absolute Gasteiger partial charge is 0.273 e. The van der Waals surface area contributed by atoms with Gasteiger partial charge in [-0.05, 0) is 29.3 Å². The summed E-state index contributed by atoms with van der Waals surface area (Å²) in [5, 5.41) is 15.0. The highest BCUT2D eigenvalue weighted by Gasteiger charge is 2.15. The highest BCUT2D eigenvalue weighted by molar-refractivity contribution is 5.84. The SMILES string of the molecule is COc1ccc(C=NNC(=O)Cc2ccccc2[N+](=O)[O-])cc1OCc1ccccc1. The number of carbonyl (C=O) groups excluding carboxylic acids is 1. The van der Waals surface area contributed by atoms with Crippen molar-refractivity contribution >= 4 is 17.8 Å². The zero-order valence-corrected chi connectivity index (χ0v) is 16.9. The Morgan fingerprint density at radius 3 is 2.55 bits per heavy atom. The average Bonchev–Trinajstić information content (AvgIpc) is 2.78. The van der Waals surface area contributed by atoms with Crippen LogP contribution in [0.5, 0.6) is 11.5 Å². The monoisotopic (exact) mass is 419 g/mol. The van der Waals surface area contributed by atoms with E-state index >= 15 is 0 Å². The normalized spacial score (nSPS) is 10.6. The van der Waals surface area contributed by atoms with Crippen LogP contribution in [0.3, 0.4) is 0 Å². The standard InChI is InChI=1S/C23H21N3O5/c1-30-21-12-11-18(13-22(21)31-16-17-7-3-2-4-8-17)15-24-25-23(27)14-19-9-5-6-10-20(19)26(28)29/h2-13,15H,14,16H2,1H3,(H,25,27). The molecule has 31 heavy (non-hydrogen) atoms. The van der Waals surface area contributed by atoms with Gasteiger partial charge in [-0.3, -0.25) is 14.9 Å². The van der Waals surface area contributed by atoms with Crippen molar-refractivity contribution in [2.75, 3.05) is 7.11 Å². The summed E-state index contributed by atoms with van der Waals surface area (Å²) in [7, 11) is 1.56. The minimum Gasteiger partial charge on any atom is -0.493 e. The van der Waals surface area contributed by atoms with E-state index in [2.05, 4.69) is 10.5 Å². The van der Waals surface area contributed by atoms with Crippen LogP contribution in [-0.2, 0) is 17.8 Å². The molecule has 8 nitrogen and oxygen atoms in total. The number of hydrogen-bond donors (Lipinski definition) is 1. The maximum atomic E-state index is 12.1. The molecule has 0 bridgehead atoms. The Morgan fingerprint density at radius 1 is 1.06 bits per heavy atom. The third kappa shape index (κ3) is 6.14. The van der Waals surface area contributed by atoms with Gasteiger partial charge in [-0.15, -0.1) is 0 Å². The Kier molecular flexibility index (Phi) is 7.31. The van der Waals surface area contributed by atoms with E-state index in [-0.39, 0.29) is 12.1 Å². The number of nitro benzene ring substituents is 1. The van der Waals surface area contributed by atoms with Gasteiger partial charge >= 0.3 is 0 Å². The number of nitro groups is 1. The van der Waals surface area contributed by atoms with Crippen LogP contribution in [0, 0.1) is 10.1 Å². The number of hydrogen-bond acceptors (Lipinski definition) is 6. The molecule has 0 saturated carbocycles. The lowest BCUT2D eigenvalue weighted by Crippen LogP contribution is -2.20. The topological polar surface area (TPSA) is 103 Å². The fourth-order valence-corrected chi connectivity index (χ4v) is 2.85. The van der Waals surface area contributed by atoms with Gasteiger partial charge in [0, 0.05) is 11.6 Å². The first-order valence-electron chi connectivity index (χ1n) is 9.46. The van der Waals surface area contributed by atoms with Crippen LogP contribution in [0.1, 0.15) is 16.7 Å². The van der Waals surface area contributed by atoms with Crippen LogP contribution in [0.15, 0.2) is 77.9 Å². The summed E-state index contributed by atoms with van der Waals surface area (Å²) >= 11 is 0. The van der Waals surface area contributed by atoms with Gasteiger partial charge in [0.15, 0.2) is 11.5 Å². The Labute approximate surface area is 179 Å². The molecule has 158 valence electrons. The number of hydrazone groups is 1. The molecule has 3 rings (SSSR count). The first-order chi connectivity index (χ1) is 15.1. The van der Waals surface area contributed by atoms with Gasteiger partial charge < -0.3 is 9.47 Å². The van der Waals surface area contributed by atoms with Crippen LogP contribution >= 0.6 is 0 Å². The average molecular weight is 419 g/mol. The number of benzene rings is 3. The Balaban J connectivity index is 1.62.